The molecule has 1 aromatic carbocycles. The number of halogens is 2. The molecule has 5 heteroatoms. The third-order valence-corrected chi connectivity index (χ3v) is 4.02. The van der Waals surface area contributed by atoms with Gasteiger partial charge < -0.3 is 5.32 Å². The first-order chi connectivity index (χ1) is 9.40. The van der Waals surface area contributed by atoms with Gasteiger partial charge in [-0.2, -0.15) is 0 Å². The van der Waals surface area contributed by atoms with Crippen LogP contribution >= 0.6 is 24.8 Å². The highest BCUT2D eigenvalue weighted by molar-refractivity contribution is 5.85. The zero-order valence-corrected chi connectivity index (χ0v) is 13.9. The Morgan fingerprint density at radius 1 is 1.14 bits per heavy atom. The van der Waals surface area contributed by atoms with Crippen LogP contribution in [-0.4, -0.2) is 36.1 Å². The van der Waals surface area contributed by atoms with Crippen molar-refractivity contribution in [2.75, 3.05) is 26.2 Å². The largest absolute Gasteiger partial charge is 0.314 e. The maximum absolute atomic E-state index is 4.47. The number of fused-ring (bicyclic) bond motifs is 1. The summed E-state index contributed by atoms with van der Waals surface area (Å²) in [5, 5.41) is 4.73. The number of piperazine rings is 1. The molecule has 1 aromatic heterocycles. The molecule has 1 aliphatic heterocycles. The van der Waals surface area contributed by atoms with E-state index in [1.165, 1.54) is 10.9 Å². The van der Waals surface area contributed by atoms with Crippen molar-refractivity contribution in [1.82, 2.24) is 15.2 Å². The number of hydrogen-bond acceptors (Lipinski definition) is 3. The Morgan fingerprint density at radius 3 is 2.57 bits per heavy atom. The fourth-order valence-electron chi connectivity index (χ4n) is 3.08. The summed E-state index contributed by atoms with van der Waals surface area (Å²) < 4.78 is 0. The molecule has 1 saturated heterocycles. The summed E-state index contributed by atoms with van der Waals surface area (Å²) in [6, 6.07) is 11.2. The van der Waals surface area contributed by atoms with Crippen molar-refractivity contribution in [3.63, 3.8) is 0 Å². The van der Waals surface area contributed by atoms with Gasteiger partial charge >= 0.3 is 0 Å². The van der Waals surface area contributed by atoms with E-state index < -0.39 is 0 Å². The van der Waals surface area contributed by atoms with Gasteiger partial charge in [-0.25, -0.2) is 0 Å². The van der Waals surface area contributed by atoms with E-state index in [0.717, 1.165) is 38.1 Å². The molecule has 0 saturated carbocycles. The Balaban J connectivity index is 0.00000110. The second-order valence-corrected chi connectivity index (χ2v) is 5.13. The highest BCUT2D eigenvalue weighted by Gasteiger charge is 2.21. The monoisotopic (exact) mass is 327 g/mol. The molecular formula is C16H23Cl2N3. The van der Waals surface area contributed by atoms with Crippen LogP contribution in [0.4, 0.5) is 0 Å². The van der Waals surface area contributed by atoms with E-state index in [2.05, 4.69) is 52.5 Å². The van der Waals surface area contributed by atoms with Gasteiger partial charge in [0.1, 0.15) is 0 Å². The van der Waals surface area contributed by atoms with Crippen LogP contribution in [0.2, 0.25) is 0 Å². The standard InChI is InChI=1S/C16H21N3.2ClH/c1-2-16(19-11-9-17-10-12-19)14-7-8-18-15-6-4-3-5-13(14)15;;/h3-8,16-17H,2,9-12H2,1H3;2*1H/t16-;;/m0../s1. The molecule has 3 nitrogen and oxygen atoms in total. The van der Waals surface area contributed by atoms with Gasteiger partial charge in [-0.05, 0) is 24.1 Å². The van der Waals surface area contributed by atoms with Crippen LogP contribution in [-0.2, 0) is 0 Å². The number of benzene rings is 1. The van der Waals surface area contributed by atoms with Crippen molar-refractivity contribution in [1.29, 1.82) is 0 Å². The van der Waals surface area contributed by atoms with Crippen LogP contribution < -0.4 is 5.32 Å². The van der Waals surface area contributed by atoms with Crippen LogP contribution in [0.15, 0.2) is 36.5 Å². The van der Waals surface area contributed by atoms with Crippen LogP contribution in [0.1, 0.15) is 24.9 Å². The van der Waals surface area contributed by atoms with Crippen molar-refractivity contribution < 1.29 is 0 Å². The summed E-state index contributed by atoms with van der Waals surface area (Å²) in [5.74, 6) is 0. The highest BCUT2D eigenvalue weighted by atomic mass is 35.5. The van der Waals surface area contributed by atoms with E-state index in [-0.39, 0.29) is 24.8 Å². The quantitative estimate of drug-likeness (QED) is 0.936. The summed E-state index contributed by atoms with van der Waals surface area (Å²) in [6.07, 6.45) is 3.09. The molecule has 2 aromatic rings. The molecule has 21 heavy (non-hydrogen) atoms. The Kier molecular flexibility index (Phi) is 7.40. The van der Waals surface area contributed by atoms with Gasteiger partial charge in [0.05, 0.1) is 5.52 Å². The summed E-state index contributed by atoms with van der Waals surface area (Å²) in [7, 11) is 0. The van der Waals surface area contributed by atoms with E-state index in [0.29, 0.717) is 6.04 Å². The molecule has 1 N–H and O–H groups in total. The second kappa shape index (κ2) is 8.54. The van der Waals surface area contributed by atoms with Gasteiger partial charge in [0.2, 0.25) is 0 Å². The van der Waals surface area contributed by atoms with Gasteiger partial charge in [-0.15, -0.1) is 24.8 Å². The first-order valence-corrected chi connectivity index (χ1v) is 7.18. The fraction of sp³-hybridized carbons (Fsp3) is 0.438. The molecule has 116 valence electrons. The van der Waals surface area contributed by atoms with Crippen molar-refractivity contribution in [3.05, 3.63) is 42.1 Å². The van der Waals surface area contributed by atoms with Gasteiger partial charge in [0, 0.05) is 43.8 Å². The fourth-order valence-corrected chi connectivity index (χ4v) is 3.08. The zero-order chi connectivity index (χ0) is 13.1. The molecule has 1 fully saturated rings. The molecule has 0 aliphatic carbocycles. The average Bonchev–Trinajstić information content (AvgIpc) is 2.49. The van der Waals surface area contributed by atoms with Gasteiger partial charge in [-0.1, -0.05) is 25.1 Å². The number of rotatable bonds is 3. The normalized spacial score (nSPS) is 16.8. The molecular weight excluding hydrogens is 305 g/mol. The Morgan fingerprint density at radius 2 is 1.86 bits per heavy atom. The van der Waals surface area contributed by atoms with Crippen LogP contribution in [0.5, 0.6) is 0 Å². The summed E-state index contributed by atoms with van der Waals surface area (Å²) >= 11 is 0. The molecule has 1 aliphatic rings. The van der Waals surface area contributed by atoms with E-state index >= 15 is 0 Å². The minimum absolute atomic E-state index is 0. The van der Waals surface area contributed by atoms with Crippen LogP contribution in [0.25, 0.3) is 10.9 Å². The van der Waals surface area contributed by atoms with E-state index in [9.17, 15) is 0 Å². The number of hydrogen-bond donors (Lipinski definition) is 1. The molecule has 1 atom stereocenters. The van der Waals surface area contributed by atoms with Crippen LogP contribution in [0, 0.1) is 0 Å². The number of para-hydroxylation sites is 1. The first-order valence-electron chi connectivity index (χ1n) is 7.18. The Bertz CT molecular complexity index is 551. The molecule has 0 bridgehead atoms. The Labute approximate surface area is 138 Å². The van der Waals surface area contributed by atoms with Gasteiger partial charge in [0.25, 0.3) is 0 Å². The number of nitrogens with zero attached hydrogens (tertiary/aromatic N) is 2. The minimum atomic E-state index is 0. The van der Waals surface area contributed by atoms with Crippen molar-refractivity contribution >= 4 is 35.7 Å². The third-order valence-electron chi connectivity index (χ3n) is 4.02. The number of nitrogens with one attached hydrogen (secondary N) is 1. The maximum atomic E-state index is 4.47. The lowest BCUT2D eigenvalue weighted by Crippen LogP contribution is -2.45. The van der Waals surface area contributed by atoms with Crippen molar-refractivity contribution in [2.24, 2.45) is 0 Å². The highest BCUT2D eigenvalue weighted by Crippen LogP contribution is 2.29. The zero-order valence-electron chi connectivity index (χ0n) is 12.3. The maximum Gasteiger partial charge on any atom is 0.0705 e. The minimum Gasteiger partial charge on any atom is -0.314 e. The molecule has 0 unspecified atom stereocenters. The Hall–Kier alpha value is -0.870. The predicted octanol–water partition coefficient (Wildman–Crippen LogP) is 3.43. The van der Waals surface area contributed by atoms with Crippen molar-refractivity contribution in [3.8, 4) is 0 Å². The molecule has 0 spiro atoms. The van der Waals surface area contributed by atoms with E-state index in [1.807, 2.05) is 6.20 Å². The SMILES string of the molecule is CC[C@@H](c1ccnc2ccccc12)N1CCNCC1.Cl.Cl. The smallest absolute Gasteiger partial charge is 0.0705 e. The van der Waals surface area contributed by atoms with Gasteiger partial charge in [0.15, 0.2) is 0 Å². The van der Waals surface area contributed by atoms with E-state index in [4.69, 9.17) is 0 Å². The number of pyridine rings is 1. The summed E-state index contributed by atoms with van der Waals surface area (Å²) in [6.45, 7) is 6.74. The number of aromatic nitrogens is 1. The molecule has 3 rings (SSSR count). The lowest BCUT2D eigenvalue weighted by molar-refractivity contribution is 0.170. The lowest BCUT2D eigenvalue weighted by atomic mass is 9.98. The van der Waals surface area contributed by atoms with E-state index in [1.54, 1.807) is 0 Å². The van der Waals surface area contributed by atoms with Crippen LogP contribution in [0.3, 0.4) is 0 Å². The molecule has 0 radical (unpaired) electrons. The lowest BCUT2D eigenvalue weighted by Gasteiger charge is -2.35. The molecule has 2 heterocycles. The van der Waals surface area contributed by atoms with Crippen molar-refractivity contribution in [2.45, 2.75) is 19.4 Å². The summed E-state index contributed by atoms with van der Waals surface area (Å²) in [5.41, 5.74) is 2.53. The summed E-state index contributed by atoms with van der Waals surface area (Å²) in [4.78, 5) is 7.07. The molecule has 0 amide bonds. The topological polar surface area (TPSA) is 28.2 Å². The van der Waals surface area contributed by atoms with Gasteiger partial charge in [-0.3, -0.25) is 9.88 Å². The first kappa shape index (κ1) is 18.2. The predicted molar refractivity (Wildman–Crippen MR) is 93.7 cm³/mol. The second-order valence-electron chi connectivity index (χ2n) is 5.13. The average molecular weight is 328 g/mol. The third kappa shape index (κ3) is 3.86.